The molecule has 11 heteroatoms. The molecule has 7 nitrogen and oxygen atoms in total. The number of hydrogen-bond acceptors (Lipinski definition) is 6. The van der Waals surface area contributed by atoms with Crippen LogP contribution in [0.4, 0.5) is 15.8 Å². The first-order chi connectivity index (χ1) is 21.3. The van der Waals surface area contributed by atoms with Crippen LogP contribution < -0.4 is 15.1 Å². The molecule has 4 aromatic rings. The number of imide groups is 1. The summed E-state index contributed by atoms with van der Waals surface area (Å²) in [5.74, 6) is -2.09. The van der Waals surface area contributed by atoms with Crippen LogP contribution in [-0.4, -0.2) is 27.5 Å². The van der Waals surface area contributed by atoms with Gasteiger partial charge in [-0.1, -0.05) is 53.3 Å². The number of aromatic nitrogens is 1. The Hall–Kier alpha value is -3.73. The Morgan fingerprint density at radius 2 is 1.59 bits per heavy atom. The van der Waals surface area contributed by atoms with Gasteiger partial charge in [0.05, 0.1) is 22.5 Å². The number of hydrogen-bond donors (Lipinski definition) is 1. The number of amides is 3. The molecule has 4 aliphatic rings. The molecule has 2 aliphatic heterocycles. The van der Waals surface area contributed by atoms with Crippen molar-refractivity contribution in [2.45, 2.75) is 29.2 Å². The Bertz CT molecular complexity index is 1880. The maximum atomic E-state index is 13.9. The molecule has 0 spiro atoms. The molecule has 1 N–H and O–H groups in total. The Balaban J connectivity index is 1.18. The lowest BCUT2D eigenvalue weighted by Crippen LogP contribution is -2.43. The summed E-state index contributed by atoms with van der Waals surface area (Å²) >= 11 is 8.97. The van der Waals surface area contributed by atoms with E-state index in [4.69, 9.17) is 11.6 Å². The van der Waals surface area contributed by atoms with E-state index in [1.54, 1.807) is 23.9 Å². The van der Waals surface area contributed by atoms with Gasteiger partial charge >= 0.3 is 4.87 Å². The maximum absolute atomic E-state index is 13.9. The molecule has 2 bridgehead atoms. The van der Waals surface area contributed by atoms with Crippen molar-refractivity contribution in [3.63, 3.8) is 0 Å². The molecule has 1 aromatic heterocycles. The number of para-hydroxylation sites is 1. The van der Waals surface area contributed by atoms with Crippen molar-refractivity contribution < 1.29 is 18.8 Å². The first-order valence-electron chi connectivity index (χ1n) is 14.4. The molecular formula is C33H25ClFN3O4S2. The van der Waals surface area contributed by atoms with E-state index in [0.29, 0.717) is 16.4 Å². The van der Waals surface area contributed by atoms with Crippen LogP contribution in [0, 0.1) is 35.4 Å². The van der Waals surface area contributed by atoms with Crippen molar-refractivity contribution in [2.75, 3.05) is 10.2 Å². The molecular weight excluding hydrogens is 621 g/mol. The molecule has 8 rings (SSSR count). The van der Waals surface area contributed by atoms with Gasteiger partial charge in [-0.25, -0.2) is 4.39 Å². The summed E-state index contributed by atoms with van der Waals surface area (Å²) in [5, 5.41) is 4.07. The van der Waals surface area contributed by atoms with E-state index in [1.807, 2.05) is 42.5 Å². The van der Waals surface area contributed by atoms with Gasteiger partial charge in [0.1, 0.15) is 12.4 Å². The number of benzene rings is 3. The SMILES string of the molecule is O=C(Cn1c2c(sc1=O)C(c1ccc(Cl)cc1)C1C3CC(C1S2)C1C(=O)N(c2ccccc2)C(=O)C31)Nc1ccc(F)cc1. The Morgan fingerprint density at radius 3 is 2.30 bits per heavy atom. The number of rotatable bonds is 5. The molecule has 7 unspecified atom stereocenters. The second-order valence-corrected chi connectivity index (χ2v) is 14.4. The summed E-state index contributed by atoms with van der Waals surface area (Å²) in [6.07, 6.45) is 0.770. The van der Waals surface area contributed by atoms with Crippen molar-refractivity contribution in [1.29, 1.82) is 0 Å². The first-order valence-corrected chi connectivity index (χ1v) is 16.5. The van der Waals surface area contributed by atoms with Crippen molar-refractivity contribution in [3.05, 3.63) is 110 Å². The van der Waals surface area contributed by atoms with Crippen LogP contribution in [0.5, 0.6) is 0 Å². The predicted octanol–water partition coefficient (Wildman–Crippen LogP) is 6.02. The minimum atomic E-state index is -0.409. The van der Waals surface area contributed by atoms with E-state index in [-0.39, 0.29) is 52.2 Å². The smallest absolute Gasteiger partial charge is 0.308 e. The number of thiazole rings is 1. The highest BCUT2D eigenvalue weighted by atomic mass is 35.5. The molecule has 7 atom stereocenters. The number of halogens is 2. The maximum Gasteiger partial charge on any atom is 0.308 e. The molecule has 222 valence electrons. The molecule has 1 saturated heterocycles. The minimum absolute atomic E-state index is 0.0117. The van der Waals surface area contributed by atoms with Crippen LogP contribution in [0.25, 0.3) is 0 Å². The third-order valence-electron chi connectivity index (χ3n) is 9.62. The van der Waals surface area contributed by atoms with Gasteiger partial charge in [0.15, 0.2) is 0 Å². The van der Waals surface area contributed by atoms with Gasteiger partial charge in [0, 0.05) is 26.8 Å². The summed E-state index contributed by atoms with van der Waals surface area (Å²) in [6, 6.07) is 22.2. The van der Waals surface area contributed by atoms with E-state index in [0.717, 1.165) is 33.2 Å². The van der Waals surface area contributed by atoms with Gasteiger partial charge in [-0.05, 0) is 78.3 Å². The molecule has 3 fully saturated rings. The highest BCUT2D eigenvalue weighted by molar-refractivity contribution is 8.00. The third-order valence-corrected chi connectivity index (χ3v) is 12.7. The molecule has 44 heavy (non-hydrogen) atoms. The predicted molar refractivity (Wildman–Crippen MR) is 168 cm³/mol. The van der Waals surface area contributed by atoms with Crippen LogP contribution in [0.3, 0.4) is 0 Å². The highest BCUT2D eigenvalue weighted by Gasteiger charge is 2.69. The van der Waals surface area contributed by atoms with Crippen LogP contribution in [0.1, 0.15) is 22.8 Å². The Labute approximate surface area is 265 Å². The van der Waals surface area contributed by atoms with E-state index >= 15 is 0 Å². The Morgan fingerprint density at radius 1 is 0.909 bits per heavy atom. The summed E-state index contributed by atoms with van der Waals surface area (Å²) in [4.78, 5) is 56.3. The number of fused-ring (bicyclic) bond motifs is 9. The zero-order valence-corrected chi connectivity index (χ0v) is 25.4. The fraction of sp³-hybridized carbons (Fsp3) is 0.273. The lowest BCUT2D eigenvalue weighted by Gasteiger charge is -2.43. The van der Waals surface area contributed by atoms with Gasteiger partial charge in [-0.15, -0.1) is 11.8 Å². The average molecular weight is 646 g/mol. The lowest BCUT2D eigenvalue weighted by atomic mass is 9.68. The van der Waals surface area contributed by atoms with Crippen LogP contribution in [0.2, 0.25) is 5.02 Å². The fourth-order valence-electron chi connectivity index (χ4n) is 8.01. The standard InChI is InChI=1S/C33H25ClFN3O4S2/c34-17-8-6-16(7-9-17)24-25-21-14-22(27-26(21)30(40)38(31(27)41)20-4-2-1-3-5-20)28(25)43-32-29(24)44-33(42)37(32)15-23(39)36-19-12-10-18(35)11-13-19/h1-13,21-22,24-28H,14-15H2,(H,36,39). The fourth-order valence-corrected chi connectivity index (χ4v) is 11.3. The van der Waals surface area contributed by atoms with Crippen molar-refractivity contribution in [1.82, 2.24) is 4.57 Å². The second kappa shape index (κ2) is 10.4. The number of anilines is 2. The monoisotopic (exact) mass is 645 g/mol. The van der Waals surface area contributed by atoms with E-state index in [9.17, 15) is 23.6 Å². The first kappa shape index (κ1) is 27.8. The molecule has 2 saturated carbocycles. The Kier molecular flexibility index (Phi) is 6.59. The second-order valence-electron chi connectivity index (χ2n) is 11.8. The van der Waals surface area contributed by atoms with E-state index < -0.39 is 23.6 Å². The number of carbonyl (C=O) groups excluding carboxylic acids is 3. The molecule has 2 aliphatic carbocycles. The molecule has 3 amide bonds. The summed E-state index contributed by atoms with van der Waals surface area (Å²) in [6.45, 7) is -0.195. The normalized spacial score (nSPS) is 28.1. The highest BCUT2D eigenvalue weighted by Crippen LogP contribution is 2.69. The quantitative estimate of drug-likeness (QED) is 0.268. The average Bonchev–Trinajstić information content (AvgIpc) is 3.74. The molecule has 0 radical (unpaired) electrons. The van der Waals surface area contributed by atoms with E-state index in [2.05, 4.69) is 5.32 Å². The van der Waals surface area contributed by atoms with Crippen molar-refractivity contribution in [2.24, 2.45) is 29.6 Å². The third kappa shape index (κ3) is 4.22. The van der Waals surface area contributed by atoms with Gasteiger partial charge in [0.2, 0.25) is 17.7 Å². The number of nitrogens with one attached hydrogen (secondary N) is 1. The van der Waals surface area contributed by atoms with Gasteiger partial charge < -0.3 is 5.32 Å². The van der Waals surface area contributed by atoms with Crippen molar-refractivity contribution in [3.8, 4) is 0 Å². The summed E-state index contributed by atoms with van der Waals surface area (Å²) in [7, 11) is 0. The minimum Gasteiger partial charge on any atom is -0.325 e. The van der Waals surface area contributed by atoms with Gasteiger partial charge in [-0.3, -0.25) is 28.6 Å². The van der Waals surface area contributed by atoms with Crippen LogP contribution in [0.15, 0.2) is 88.7 Å². The van der Waals surface area contributed by atoms with Crippen LogP contribution in [-0.2, 0) is 20.9 Å². The number of nitrogens with zero attached hydrogens (tertiary/aromatic N) is 2. The summed E-state index contributed by atoms with van der Waals surface area (Å²) in [5.41, 5.74) is 2.03. The van der Waals surface area contributed by atoms with E-state index in [1.165, 1.54) is 33.7 Å². The topological polar surface area (TPSA) is 88.5 Å². The zero-order valence-electron chi connectivity index (χ0n) is 23.1. The van der Waals surface area contributed by atoms with Crippen molar-refractivity contribution >= 4 is 63.8 Å². The number of carbonyl (C=O) groups is 3. The zero-order chi connectivity index (χ0) is 30.3. The number of thioether (sulfide) groups is 1. The molecule has 3 aromatic carbocycles. The van der Waals surface area contributed by atoms with Gasteiger partial charge in [-0.2, -0.15) is 0 Å². The van der Waals surface area contributed by atoms with Gasteiger partial charge in [0.25, 0.3) is 0 Å². The largest absolute Gasteiger partial charge is 0.325 e. The lowest BCUT2D eigenvalue weighted by molar-refractivity contribution is -0.123. The summed E-state index contributed by atoms with van der Waals surface area (Å²) < 4.78 is 14.9. The van der Waals surface area contributed by atoms with Crippen LogP contribution >= 0.6 is 34.7 Å². The molecule has 3 heterocycles.